The molecule has 2 aliphatic rings. The van der Waals surface area contributed by atoms with Crippen molar-refractivity contribution in [2.45, 2.75) is 64.5 Å². The van der Waals surface area contributed by atoms with E-state index in [0.29, 0.717) is 5.41 Å². The molecule has 0 aromatic rings. The number of ether oxygens (including phenoxy) is 2. The SMILES string of the molecule is CC(N)CC(C)(C)C1CCOC2(CCOCC2)C1. The lowest BCUT2D eigenvalue weighted by Gasteiger charge is -2.48. The first-order chi connectivity index (χ1) is 8.44. The van der Waals surface area contributed by atoms with Crippen LogP contribution in [0.1, 0.15) is 52.9 Å². The third-order valence-corrected chi connectivity index (χ3v) is 4.85. The molecule has 2 fully saturated rings. The first-order valence-electron chi connectivity index (χ1n) is 7.41. The van der Waals surface area contributed by atoms with Gasteiger partial charge in [0.05, 0.1) is 5.60 Å². The molecule has 2 aliphatic heterocycles. The van der Waals surface area contributed by atoms with Gasteiger partial charge in [-0.2, -0.15) is 0 Å². The molecule has 2 heterocycles. The molecule has 0 radical (unpaired) electrons. The predicted octanol–water partition coefficient (Wildman–Crippen LogP) is 2.73. The molecule has 0 saturated carbocycles. The number of rotatable bonds is 3. The Morgan fingerprint density at radius 2 is 1.94 bits per heavy atom. The van der Waals surface area contributed by atoms with Gasteiger partial charge in [0, 0.05) is 25.9 Å². The number of hydrogen-bond donors (Lipinski definition) is 1. The van der Waals surface area contributed by atoms with Crippen molar-refractivity contribution in [3.05, 3.63) is 0 Å². The van der Waals surface area contributed by atoms with Crippen LogP contribution in [0.4, 0.5) is 0 Å². The highest BCUT2D eigenvalue weighted by molar-refractivity contribution is 4.94. The number of nitrogens with two attached hydrogens (primary N) is 1. The standard InChI is InChI=1S/C15H29NO2/c1-12(16)10-14(2,3)13-4-7-18-15(11-13)5-8-17-9-6-15/h12-13H,4-11,16H2,1-3H3. The van der Waals surface area contributed by atoms with Crippen LogP contribution in [-0.2, 0) is 9.47 Å². The van der Waals surface area contributed by atoms with E-state index in [4.69, 9.17) is 15.2 Å². The van der Waals surface area contributed by atoms with E-state index in [-0.39, 0.29) is 11.6 Å². The van der Waals surface area contributed by atoms with Crippen LogP contribution in [0.15, 0.2) is 0 Å². The van der Waals surface area contributed by atoms with E-state index in [1.807, 2.05) is 0 Å². The summed E-state index contributed by atoms with van der Waals surface area (Å²) in [6.07, 6.45) is 5.61. The van der Waals surface area contributed by atoms with Gasteiger partial charge in [-0.05, 0) is 50.4 Å². The summed E-state index contributed by atoms with van der Waals surface area (Å²) in [5.41, 5.74) is 6.43. The van der Waals surface area contributed by atoms with Crippen molar-refractivity contribution in [1.82, 2.24) is 0 Å². The lowest BCUT2D eigenvalue weighted by molar-refractivity contribution is -0.159. The maximum atomic E-state index is 6.13. The summed E-state index contributed by atoms with van der Waals surface area (Å²) in [7, 11) is 0. The molecule has 18 heavy (non-hydrogen) atoms. The molecule has 0 aliphatic carbocycles. The predicted molar refractivity (Wildman–Crippen MR) is 73.5 cm³/mol. The fraction of sp³-hybridized carbons (Fsp3) is 1.00. The van der Waals surface area contributed by atoms with Gasteiger partial charge in [0.2, 0.25) is 0 Å². The topological polar surface area (TPSA) is 44.5 Å². The molecule has 2 unspecified atom stereocenters. The second-order valence-electron chi connectivity index (χ2n) is 7.00. The quantitative estimate of drug-likeness (QED) is 0.843. The molecule has 2 saturated heterocycles. The van der Waals surface area contributed by atoms with Crippen molar-refractivity contribution >= 4 is 0 Å². The van der Waals surface area contributed by atoms with E-state index in [2.05, 4.69) is 20.8 Å². The van der Waals surface area contributed by atoms with Gasteiger partial charge in [0.1, 0.15) is 0 Å². The average Bonchev–Trinajstić information content (AvgIpc) is 2.28. The average molecular weight is 255 g/mol. The monoisotopic (exact) mass is 255 g/mol. The summed E-state index contributed by atoms with van der Waals surface area (Å²) in [4.78, 5) is 0. The molecular weight excluding hydrogens is 226 g/mol. The zero-order valence-corrected chi connectivity index (χ0v) is 12.2. The van der Waals surface area contributed by atoms with Crippen molar-refractivity contribution in [2.75, 3.05) is 19.8 Å². The highest BCUT2D eigenvalue weighted by Crippen LogP contribution is 2.45. The molecule has 0 aromatic heterocycles. The molecule has 2 rings (SSSR count). The smallest absolute Gasteiger partial charge is 0.0729 e. The highest BCUT2D eigenvalue weighted by atomic mass is 16.5. The van der Waals surface area contributed by atoms with Crippen molar-refractivity contribution in [3.63, 3.8) is 0 Å². The van der Waals surface area contributed by atoms with E-state index in [9.17, 15) is 0 Å². The molecule has 2 N–H and O–H groups in total. The summed E-state index contributed by atoms with van der Waals surface area (Å²) in [6.45, 7) is 9.50. The second-order valence-corrected chi connectivity index (χ2v) is 7.00. The van der Waals surface area contributed by atoms with E-state index >= 15 is 0 Å². The molecule has 106 valence electrons. The molecule has 0 bridgehead atoms. The zero-order valence-electron chi connectivity index (χ0n) is 12.2. The minimum atomic E-state index is 0.107. The summed E-state index contributed by atoms with van der Waals surface area (Å²) in [5, 5.41) is 0. The fourth-order valence-electron chi connectivity index (χ4n) is 3.78. The summed E-state index contributed by atoms with van der Waals surface area (Å²) >= 11 is 0. The van der Waals surface area contributed by atoms with Crippen LogP contribution in [0.5, 0.6) is 0 Å². The van der Waals surface area contributed by atoms with Crippen molar-refractivity contribution < 1.29 is 9.47 Å². The Kier molecular flexibility index (Phi) is 4.35. The maximum Gasteiger partial charge on any atom is 0.0729 e. The van der Waals surface area contributed by atoms with E-state index in [1.165, 1.54) is 12.8 Å². The van der Waals surface area contributed by atoms with Gasteiger partial charge in [-0.25, -0.2) is 0 Å². The molecular formula is C15H29NO2. The Morgan fingerprint density at radius 1 is 1.28 bits per heavy atom. The Labute approximate surface area is 111 Å². The van der Waals surface area contributed by atoms with Gasteiger partial charge in [-0.3, -0.25) is 0 Å². The fourth-order valence-corrected chi connectivity index (χ4v) is 3.78. The molecule has 1 spiro atoms. The van der Waals surface area contributed by atoms with Crippen LogP contribution in [0, 0.1) is 11.3 Å². The van der Waals surface area contributed by atoms with Crippen LogP contribution >= 0.6 is 0 Å². The van der Waals surface area contributed by atoms with Crippen molar-refractivity contribution in [3.8, 4) is 0 Å². The first kappa shape index (κ1) is 14.3. The normalized spacial score (nSPS) is 30.3. The van der Waals surface area contributed by atoms with Gasteiger partial charge in [-0.15, -0.1) is 0 Å². The lowest BCUT2D eigenvalue weighted by atomic mass is 9.66. The molecule has 3 nitrogen and oxygen atoms in total. The van der Waals surface area contributed by atoms with Gasteiger partial charge >= 0.3 is 0 Å². The van der Waals surface area contributed by atoms with Gasteiger partial charge in [-0.1, -0.05) is 13.8 Å². The van der Waals surface area contributed by atoms with Crippen LogP contribution in [0.25, 0.3) is 0 Å². The third-order valence-electron chi connectivity index (χ3n) is 4.85. The van der Waals surface area contributed by atoms with Crippen LogP contribution in [0.2, 0.25) is 0 Å². The van der Waals surface area contributed by atoms with E-state index in [0.717, 1.165) is 45.0 Å². The molecule has 0 amide bonds. The first-order valence-corrected chi connectivity index (χ1v) is 7.41. The Hall–Kier alpha value is -0.120. The second kappa shape index (κ2) is 5.48. The van der Waals surface area contributed by atoms with Crippen molar-refractivity contribution in [1.29, 1.82) is 0 Å². The van der Waals surface area contributed by atoms with Gasteiger partial charge in [0.25, 0.3) is 0 Å². The zero-order chi connectivity index (χ0) is 13.2. The Morgan fingerprint density at radius 3 is 2.56 bits per heavy atom. The number of hydrogen-bond acceptors (Lipinski definition) is 3. The van der Waals surface area contributed by atoms with Crippen LogP contribution in [0.3, 0.4) is 0 Å². The van der Waals surface area contributed by atoms with Gasteiger partial charge < -0.3 is 15.2 Å². The summed E-state index contributed by atoms with van der Waals surface area (Å²) in [5.74, 6) is 0.732. The molecule has 2 atom stereocenters. The van der Waals surface area contributed by atoms with E-state index < -0.39 is 0 Å². The molecule has 3 heteroatoms. The Balaban J connectivity index is 2.01. The maximum absolute atomic E-state index is 6.13. The highest BCUT2D eigenvalue weighted by Gasteiger charge is 2.43. The van der Waals surface area contributed by atoms with Gasteiger partial charge in [0.15, 0.2) is 0 Å². The summed E-state index contributed by atoms with van der Waals surface area (Å²) < 4.78 is 11.6. The molecule has 0 aromatic carbocycles. The summed E-state index contributed by atoms with van der Waals surface area (Å²) in [6, 6.07) is 0.286. The van der Waals surface area contributed by atoms with Crippen molar-refractivity contribution in [2.24, 2.45) is 17.1 Å². The lowest BCUT2D eigenvalue weighted by Crippen LogP contribution is -2.47. The van der Waals surface area contributed by atoms with Crippen LogP contribution < -0.4 is 5.73 Å². The third kappa shape index (κ3) is 3.25. The van der Waals surface area contributed by atoms with Crippen LogP contribution in [-0.4, -0.2) is 31.5 Å². The largest absolute Gasteiger partial charge is 0.381 e. The Bertz CT molecular complexity index is 264. The van der Waals surface area contributed by atoms with E-state index in [1.54, 1.807) is 0 Å². The minimum absolute atomic E-state index is 0.107. The minimum Gasteiger partial charge on any atom is -0.381 e.